The quantitative estimate of drug-likeness (QED) is 0.422. The minimum atomic E-state index is -0.432. The van der Waals surface area contributed by atoms with E-state index in [2.05, 4.69) is 37.4 Å². The van der Waals surface area contributed by atoms with Crippen LogP contribution in [0.1, 0.15) is 13.8 Å². The van der Waals surface area contributed by atoms with Gasteiger partial charge in [0.05, 0.1) is 5.69 Å². The first kappa shape index (κ1) is 20.4. The number of benzene rings is 1. The van der Waals surface area contributed by atoms with E-state index in [4.69, 9.17) is 11.2 Å². The number of halogens is 1. The van der Waals surface area contributed by atoms with Crippen molar-refractivity contribution in [3.05, 3.63) is 68.7 Å². The summed E-state index contributed by atoms with van der Waals surface area (Å²) >= 11 is 3.41. The van der Waals surface area contributed by atoms with Gasteiger partial charge in [0.2, 0.25) is 5.88 Å². The monoisotopic (exact) mass is 454 g/mol. The van der Waals surface area contributed by atoms with Gasteiger partial charge in [-0.3, -0.25) is 0 Å². The first-order valence-electron chi connectivity index (χ1n) is 8.71. The standard InChI is InChI=1S/C20H19BrN6O2/c1-5-14(3)17(18(6-2)27-20(28)25(4)23-24-27)13-29-19-11-12-26(22-19)16-9-7-15(21)8-10-16/h2,5,7-12H,13H2,1,3-4H3. The van der Waals surface area contributed by atoms with Crippen LogP contribution in [0.3, 0.4) is 0 Å². The maximum absolute atomic E-state index is 12.2. The highest BCUT2D eigenvalue weighted by atomic mass is 79.9. The lowest BCUT2D eigenvalue weighted by Crippen LogP contribution is -2.24. The largest absolute Gasteiger partial charge is 0.472 e. The highest BCUT2D eigenvalue weighted by Gasteiger charge is 2.15. The third kappa shape index (κ3) is 4.38. The lowest BCUT2D eigenvalue weighted by Gasteiger charge is -2.11. The highest BCUT2D eigenvalue weighted by Crippen LogP contribution is 2.20. The number of terminal acetylenes is 1. The van der Waals surface area contributed by atoms with Gasteiger partial charge >= 0.3 is 5.69 Å². The zero-order valence-electron chi connectivity index (χ0n) is 16.2. The number of hydrogen-bond acceptors (Lipinski definition) is 5. The van der Waals surface area contributed by atoms with Gasteiger partial charge in [0, 0.05) is 29.4 Å². The lowest BCUT2D eigenvalue weighted by atomic mass is 10.1. The fourth-order valence-corrected chi connectivity index (χ4v) is 2.81. The van der Waals surface area contributed by atoms with Crippen molar-refractivity contribution in [1.29, 1.82) is 0 Å². The number of ether oxygens (including phenoxy) is 1. The highest BCUT2D eigenvalue weighted by molar-refractivity contribution is 9.10. The molecule has 0 spiro atoms. The molecule has 0 N–H and O–H groups in total. The molecule has 0 aliphatic rings. The molecule has 9 heteroatoms. The zero-order chi connectivity index (χ0) is 21.0. The van der Waals surface area contributed by atoms with Crippen molar-refractivity contribution < 1.29 is 4.74 Å². The van der Waals surface area contributed by atoms with E-state index >= 15 is 0 Å². The molecular weight excluding hydrogens is 436 g/mol. The predicted octanol–water partition coefficient (Wildman–Crippen LogP) is 2.81. The number of allylic oxidation sites excluding steroid dienone is 2. The summed E-state index contributed by atoms with van der Waals surface area (Å²) in [5.74, 6) is 2.96. The molecular formula is C20H19BrN6O2. The van der Waals surface area contributed by atoms with E-state index in [1.807, 2.05) is 44.2 Å². The number of hydrogen-bond donors (Lipinski definition) is 0. The van der Waals surface area contributed by atoms with Crippen LogP contribution in [0.4, 0.5) is 0 Å². The molecule has 2 aromatic heterocycles. The molecule has 0 saturated carbocycles. The van der Waals surface area contributed by atoms with E-state index in [1.165, 1.54) is 7.05 Å². The van der Waals surface area contributed by atoms with Gasteiger partial charge < -0.3 is 4.74 Å². The second kappa shape index (κ2) is 8.75. The van der Waals surface area contributed by atoms with Gasteiger partial charge in [-0.2, -0.15) is 9.36 Å². The summed E-state index contributed by atoms with van der Waals surface area (Å²) in [5.41, 5.74) is 2.27. The van der Waals surface area contributed by atoms with Crippen LogP contribution in [0.15, 0.2) is 63.0 Å². The van der Waals surface area contributed by atoms with Crippen LogP contribution in [0.5, 0.6) is 5.88 Å². The Morgan fingerprint density at radius 3 is 2.59 bits per heavy atom. The van der Waals surface area contributed by atoms with Gasteiger partial charge in [-0.15, -0.1) is 11.5 Å². The Hall–Kier alpha value is -3.38. The lowest BCUT2D eigenvalue weighted by molar-refractivity contribution is 0.337. The molecule has 0 saturated heterocycles. The van der Waals surface area contributed by atoms with Crippen molar-refractivity contribution in [2.24, 2.45) is 7.05 Å². The van der Waals surface area contributed by atoms with Crippen LogP contribution in [0.25, 0.3) is 11.4 Å². The third-order valence-corrected chi connectivity index (χ3v) is 4.81. The Bertz CT molecular complexity index is 1170. The Morgan fingerprint density at radius 2 is 2.00 bits per heavy atom. The Kier molecular flexibility index (Phi) is 6.14. The van der Waals surface area contributed by atoms with E-state index in [9.17, 15) is 4.79 Å². The molecule has 0 unspecified atom stereocenters. The number of tetrazole rings is 1. The van der Waals surface area contributed by atoms with Gasteiger partial charge in [0.25, 0.3) is 0 Å². The van der Waals surface area contributed by atoms with E-state index in [1.54, 1.807) is 16.9 Å². The van der Waals surface area contributed by atoms with Crippen LogP contribution in [0, 0.1) is 12.3 Å². The van der Waals surface area contributed by atoms with Crippen LogP contribution in [0.2, 0.25) is 0 Å². The van der Waals surface area contributed by atoms with Gasteiger partial charge in [0.15, 0.2) is 0 Å². The summed E-state index contributed by atoms with van der Waals surface area (Å²) < 4.78 is 10.8. The smallest absolute Gasteiger partial charge is 0.368 e. The predicted molar refractivity (Wildman–Crippen MR) is 114 cm³/mol. The number of aryl methyl sites for hydroxylation is 1. The van der Waals surface area contributed by atoms with Crippen LogP contribution >= 0.6 is 15.9 Å². The average Bonchev–Trinajstić information content (AvgIpc) is 3.33. The molecule has 2 heterocycles. The molecule has 0 bridgehead atoms. The molecule has 148 valence electrons. The Labute approximate surface area is 176 Å². The fourth-order valence-electron chi connectivity index (χ4n) is 2.54. The molecule has 29 heavy (non-hydrogen) atoms. The van der Waals surface area contributed by atoms with Gasteiger partial charge in [0.1, 0.15) is 12.3 Å². The summed E-state index contributed by atoms with van der Waals surface area (Å²) in [5, 5.41) is 12.0. The maximum atomic E-state index is 12.2. The van der Waals surface area contributed by atoms with Crippen molar-refractivity contribution in [3.63, 3.8) is 0 Å². The van der Waals surface area contributed by atoms with Crippen molar-refractivity contribution in [3.8, 4) is 23.9 Å². The van der Waals surface area contributed by atoms with E-state index in [-0.39, 0.29) is 12.3 Å². The Balaban J connectivity index is 1.89. The van der Waals surface area contributed by atoms with Crippen LogP contribution in [-0.2, 0) is 7.05 Å². The summed E-state index contributed by atoms with van der Waals surface area (Å²) in [6, 6.07) is 9.51. The molecule has 0 aliphatic carbocycles. The van der Waals surface area contributed by atoms with Crippen LogP contribution < -0.4 is 10.4 Å². The van der Waals surface area contributed by atoms with Crippen LogP contribution in [-0.4, -0.2) is 36.2 Å². The second-order valence-corrected chi connectivity index (χ2v) is 7.02. The first-order valence-corrected chi connectivity index (χ1v) is 9.50. The van der Waals surface area contributed by atoms with Crippen molar-refractivity contribution in [2.75, 3.05) is 6.61 Å². The Morgan fingerprint density at radius 1 is 1.28 bits per heavy atom. The molecule has 0 atom stereocenters. The normalized spacial score (nSPS) is 12.4. The molecule has 8 nitrogen and oxygen atoms in total. The molecule has 0 radical (unpaired) electrons. The fraction of sp³-hybridized carbons (Fsp3) is 0.200. The van der Waals surface area contributed by atoms with E-state index < -0.39 is 5.69 Å². The number of aromatic nitrogens is 6. The van der Waals surface area contributed by atoms with Crippen molar-refractivity contribution in [1.82, 2.24) is 29.6 Å². The van der Waals surface area contributed by atoms with Gasteiger partial charge in [-0.1, -0.05) is 22.0 Å². The van der Waals surface area contributed by atoms with Crippen molar-refractivity contribution >= 4 is 21.6 Å². The minimum Gasteiger partial charge on any atom is -0.472 e. The SMILES string of the molecule is C#CC(=C(COc1ccn(-c2ccc(Br)cc2)n1)C(C)=CC)n1nnn(C)c1=O. The molecule has 3 rings (SSSR count). The maximum Gasteiger partial charge on any atom is 0.368 e. The average molecular weight is 455 g/mol. The summed E-state index contributed by atoms with van der Waals surface area (Å²) in [7, 11) is 1.51. The molecule has 3 aromatic rings. The summed E-state index contributed by atoms with van der Waals surface area (Å²) in [4.78, 5) is 12.2. The second-order valence-electron chi connectivity index (χ2n) is 6.10. The molecule has 0 aliphatic heterocycles. The third-order valence-electron chi connectivity index (χ3n) is 4.29. The van der Waals surface area contributed by atoms with Gasteiger partial charge in [-0.05, 0) is 60.0 Å². The number of nitrogens with zero attached hydrogens (tertiary/aromatic N) is 6. The van der Waals surface area contributed by atoms with E-state index in [0.717, 1.165) is 25.1 Å². The number of rotatable bonds is 6. The molecule has 1 aromatic carbocycles. The zero-order valence-corrected chi connectivity index (χ0v) is 17.8. The van der Waals surface area contributed by atoms with E-state index in [0.29, 0.717) is 11.5 Å². The molecule has 0 fully saturated rings. The van der Waals surface area contributed by atoms with Gasteiger partial charge in [-0.25, -0.2) is 9.48 Å². The summed E-state index contributed by atoms with van der Waals surface area (Å²) in [6.07, 6.45) is 9.38. The topological polar surface area (TPSA) is 79.8 Å². The minimum absolute atomic E-state index is 0.121. The van der Waals surface area contributed by atoms with Crippen molar-refractivity contribution in [2.45, 2.75) is 13.8 Å². The first-order chi connectivity index (χ1) is 13.9. The molecule has 0 amide bonds. The summed E-state index contributed by atoms with van der Waals surface area (Å²) in [6.45, 7) is 3.89.